The molecule has 1 atom stereocenters. The summed E-state index contributed by atoms with van der Waals surface area (Å²) >= 11 is 0. The molecule has 0 saturated carbocycles. The summed E-state index contributed by atoms with van der Waals surface area (Å²) in [6, 6.07) is 16.4. The summed E-state index contributed by atoms with van der Waals surface area (Å²) in [5, 5.41) is 0. The molecular weight excluding hydrogens is 312 g/mol. The lowest BCUT2D eigenvalue weighted by Gasteiger charge is -2.37. The number of carbonyl (C=O) groups excluding carboxylic acids is 1. The normalized spacial score (nSPS) is 15.8. The smallest absolute Gasteiger partial charge is 0.263 e. The molecule has 0 radical (unpaired) electrons. The summed E-state index contributed by atoms with van der Waals surface area (Å²) in [6.07, 6.45) is -0.468. The average molecular weight is 338 g/mol. The molecule has 2 aromatic carbocycles. The Morgan fingerprint density at radius 3 is 2.32 bits per heavy atom. The average Bonchev–Trinajstić information content (AvgIpc) is 2.64. The number of benzene rings is 2. The van der Waals surface area contributed by atoms with Crippen molar-refractivity contribution < 1.29 is 9.53 Å². The van der Waals surface area contributed by atoms with E-state index in [1.165, 1.54) is 11.3 Å². The van der Waals surface area contributed by atoms with E-state index in [2.05, 4.69) is 30.0 Å². The van der Waals surface area contributed by atoms with E-state index in [0.29, 0.717) is 0 Å². The van der Waals surface area contributed by atoms with Crippen LogP contribution in [0.3, 0.4) is 0 Å². The van der Waals surface area contributed by atoms with Crippen LogP contribution in [0.4, 0.5) is 5.69 Å². The maximum absolute atomic E-state index is 12.7. The number of hydrogen-bond acceptors (Lipinski definition) is 3. The third-order valence-corrected chi connectivity index (χ3v) is 4.69. The van der Waals surface area contributed by atoms with Crippen LogP contribution in [0, 0.1) is 13.8 Å². The molecule has 0 bridgehead atoms. The molecule has 132 valence electrons. The minimum atomic E-state index is -0.468. The van der Waals surface area contributed by atoms with Crippen molar-refractivity contribution in [2.24, 2.45) is 0 Å². The highest BCUT2D eigenvalue weighted by molar-refractivity contribution is 5.81. The highest BCUT2D eigenvalue weighted by atomic mass is 16.5. The van der Waals surface area contributed by atoms with Gasteiger partial charge in [-0.3, -0.25) is 4.79 Å². The quantitative estimate of drug-likeness (QED) is 0.856. The Balaban J connectivity index is 1.56. The van der Waals surface area contributed by atoms with Gasteiger partial charge in [-0.1, -0.05) is 35.9 Å². The van der Waals surface area contributed by atoms with Crippen molar-refractivity contribution in [3.05, 3.63) is 59.7 Å². The van der Waals surface area contributed by atoms with E-state index in [0.717, 1.165) is 37.5 Å². The van der Waals surface area contributed by atoms with Gasteiger partial charge in [0.15, 0.2) is 6.10 Å². The zero-order valence-electron chi connectivity index (χ0n) is 15.2. The second-order valence-electron chi connectivity index (χ2n) is 6.68. The highest BCUT2D eigenvalue weighted by Gasteiger charge is 2.26. The molecule has 0 aliphatic carbocycles. The van der Waals surface area contributed by atoms with Crippen LogP contribution in [0.2, 0.25) is 0 Å². The first kappa shape index (κ1) is 17.3. The van der Waals surface area contributed by atoms with Crippen molar-refractivity contribution in [1.82, 2.24) is 4.90 Å². The maximum atomic E-state index is 12.7. The largest absolute Gasteiger partial charge is 0.481 e. The number of aryl methyl sites for hydroxylation is 2. The lowest BCUT2D eigenvalue weighted by molar-refractivity contribution is -0.138. The molecule has 0 N–H and O–H groups in total. The molecule has 1 heterocycles. The third-order valence-electron chi connectivity index (χ3n) is 4.69. The topological polar surface area (TPSA) is 32.8 Å². The van der Waals surface area contributed by atoms with Gasteiger partial charge in [0.1, 0.15) is 5.75 Å². The molecule has 3 rings (SSSR count). The molecule has 25 heavy (non-hydrogen) atoms. The van der Waals surface area contributed by atoms with Crippen molar-refractivity contribution in [3.63, 3.8) is 0 Å². The zero-order valence-corrected chi connectivity index (χ0v) is 15.2. The standard InChI is InChI=1S/C21H26N2O2/c1-16-9-10-20(17(2)15-16)25-18(3)21(24)23-13-11-22(12-14-23)19-7-5-4-6-8-19/h4-10,15,18H,11-14H2,1-3H3. The first-order chi connectivity index (χ1) is 12.0. The first-order valence-electron chi connectivity index (χ1n) is 8.87. The maximum Gasteiger partial charge on any atom is 0.263 e. The van der Waals surface area contributed by atoms with Gasteiger partial charge in [-0.15, -0.1) is 0 Å². The van der Waals surface area contributed by atoms with Crippen LogP contribution in [0.25, 0.3) is 0 Å². The van der Waals surface area contributed by atoms with Crippen molar-refractivity contribution in [3.8, 4) is 5.75 Å². The fourth-order valence-electron chi connectivity index (χ4n) is 3.25. The number of carbonyl (C=O) groups is 1. The molecule has 1 saturated heterocycles. The minimum absolute atomic E-state index is 0.0627. The number of piperazine rings is 1. The molecule has 1 unspecified atom stereocenters. The van der Waals surface area contributed by atoms with Gasteiger partial charge in [0, 0.05) is 31.9 Å². The van der Waals surface area contributed by atoms with Crippen molar-refractivity contribution in [2.45, 2.75) is 26.9 Å². The number of anilines is 1. The molecule has 1 amide bonds. The summed E-state index contributed by atoms with van der Waals surface area (Å²) in [7, 11) is 0. The summed E-state index contributed by atoms with van der Waals surface area (Å²) in [5.41, 5.74) is 3.48. The molecule has 0 spiro atoms. The van der Waals surface area contributed by atoms with Crippen molar-refractivity contribution in [1.29, 1.82) is 0 Å². The summed E-state index contributed by atoms with van der Waals surface area (Å²) < 4.78 is 5.92. The Hall–Kier alpha value is -2.49. The minimum Gasteiger partial charge on any atom is -0.481 e. The fraction of sp³-hybridized carbons (Fsp3) is 0.381. The Morgan fingerprint density at radius 1 is 1.00 bits per heavy atom. The van der Waals surface area contributed by atoms with Gasteiger partial charge in [0.05, 0.1) is 0 Å². The van der Waals surface area contributed by atoms with E-state index in [-0.39, 0.29) is 5.91 Å². The third kappa shape index (κ3) is 4.13. The molecule has 1 aliphatic heterocycles. The van der Waals surface area contributed by atoms with E-state index < -0.39 is 6.10 Å². The number of hydrogen-bond donors (Lipinski definition) is 0. The van der Waals surface area contributed by atoms with Crippen LogP contribution in [-0.2, 0) is 4.79 Å². The Labute approximate surface area is 150 Å². The van der Waals surface area contributed by atoms with Gasteiger partial charge in [0.2, 0.25) is 0 Å². The molecule has 2 aromatic rings. The van der Waals surface area contributed by atoms with Gasteiger partial charge in [0.25, 0.3) is 5.91 Å². The van der Waals surface area contributed by atoms with E-state index >= 15 is 0 Å². The molecule has 1 fully saturated rings. The number of ether oxygens (including phenoxy) is 1. The Morgan fingerprint density at radius 2 is 1.68 bits per heavy atom. The van der Waals surface area contributed by atoms with E-state index in [1.54, 1.807) is 0 Å². The zero-order chi connectivity index (χ0) is 17.8. The van der Waals surface area contributed by atoms with Crippen LogP contribution in [0.15, 0.2) is 48.5 Å². The van der Waals surface area contributed by atoms with Crippen LogP contribution in [0.1, 0.15) is 18.1 Å². The predicted molar refractivity (Wildman–Crippen MR) is 101 cm³/mol. The molecule has 1 aliphatic rings. The monoisotopic (exact) mass is 338 g/mol. The van der Waals surface area contributed by atoms with Gasteiger partial charge in [-0.25, -0.2) is 0 Å². The van der Waals surface area contributed by atoms with Crippen LogP contribution in [-0.4, -0.2) is 43.1 Å². The Bertz CT molecular complexity index is 722. The van der Waals surface area contributed by atoms with Gasteiger partial charge < -0.3 is 14.5 Å². The second kappa shape index (κ2) is 7.60. The van der Waals surface area contributed by atoms with Crippen molar-refractivity contribution in [2.75, 3.05) is 31.1 Å². The predicted octanol–water partition coefficient (Wildman–Crippen LogP) is 3.42. The van der Waals surface area contributed by atoms with E-state index in [1.807, 2.05) is 49.1 Å². The summed E-state index contributed by atoms with van der Waals surface area (Å²) in [6.45, 7) is 9.07. The fourth-order valence-corrected chi connectivity index (χ4v) is 3.25. The molecular formula is C21H26N2O2. The number of nitrogens with zero attached hydrogens (tertiary/aromatic N) is 2. The number of amides is 1. The molecule has 4 nitrogen and oxygen atoms in total. The Kier molecular flexibility index (Phi) is 5.27. The SMILES string of the molecule is Cc1ccc(OC(C)C(=O)N2CCN(c3ccccc3)CC2)c(C)c1. The summed E-state index contributed by atoms with van der Waals surface area (Å²) in [5.74, 6) is 0.849. The van der Waals surface area contributed by atoms with Gasteiger partial charge in [-0.2, -0.15) is 0 Å². The van der Waals surface area contributed by atoms with Crippen LogP contribution in [0.5, 0.6) is 5.75 Å². The van der Waals surface area contributed by atoms with Gasteiger partial charge >= 0.3 is 0 Å². The number of para-hydroxylation sites is 1. The lowest BCUT2D eigenvalue weighted by atomic mass is 10.1. The van der Waals surface area contributed by atoms with E-state index in [4.69, 9.17) is 4.74 Å². The van der Waals surface area contributed by atoms with Gasteiger partial charge in [-0.05, 0) is 44.5 Å². The number of rotatable bonds is 4. The van der Waals surface area contributed by atoms with Crippen molar-refractivity contribution >= 4 is 11.6 Å². The van der Waals surface area contributed by atoms with E-state index in [9.17, 15) is 4.79 Å². The molecule has 0 aromatic heterocycles. The van der Waals surface area contributed by atoms with Crippen LogP contribution < -0.4 is 9.64 Å². The van der Waals surface area contributed by atoms with Crippen LogP contribution >= 0.6 is 0 Å². The second-order valence-corrected chi connectivity index (χ2v) is 6.68. The first-order valence-corrected chi connectivity index (χ1v) is 8.87. The molecule has 4 heteroatoms. The lowest BCUT2D eigenvalue weighted by Crippen LogP contribution is -2.52. The summed E-state index contributed by atoms with van der Waals surface area (Å²) in [4.78, 5) is 16.9. The highest BCUT2D eigenvalue weighted by Crippen LogP contribution is 2.21.